The second-order valence-corrected chi connectivity index (χ2v) is 9.31. The van der Waals surface area contributed by atoms with Gasteiger partial charge in [-0.25, -0.2) is 0 Å². The van der Waals surface area contributed by atoms with Crippen molar-refractivity contribution in [2.24, 2.45) is 0 Å². The largest absolute Gasteiger partial charge is 0.354 e. The molecule has 0 aliphatic carbocycles. The summed E-state index contributed by atoms with van der Waals surface area (Å²) < 4.78 is 0. The Morgan fingerprint density at radius 1 is 1.13 bits per heavy atom. The number of carbonyl (C=O) groups is 2. The molecule has 2 amide bonds. The van der Waals surface area contributed by atoms with E-state index in [1.807, 2.05) is 18.2 Å². The van der Waals surface area contributed by atoms with Gasteiger partial charge in [-0.2, -0.15) is 0 Å². The first-order chi connectivity index (χ1) is 14.8. The summed E-state index contributed by atoms with van der Waals surface area (Å²) in [6.07, 6.45) is 1.90. The maximum Gasteiger partial charge on any atom is 0.242 e. The van der Waals surface area contributed by atoms with Gasteiger partial charge in [0.1, 0.15) is 6.04 Å². The summed E-state index contributed by atoms with van der Waals surface area (Å²) in [5, 5.41) is 3.82. The number of aryl methyl sites for hydroxylation is 1. The van der Waals surface area contributed by atoms with Crippen molar-refractivity contribution >= 4 is 46.8 Å². The fraction of sp³-hybridized carbons (Fsp3) is 0.417. The number of hydrogen-bond acceptors (Lipinski definition) is 3. The van der Waals surface area contributed by atoms with Crippen molar-refractivity contribution in [1.82, 2.24) is 10.2 Å². The zero-order valence-electron chi connectivity index (χ0n) is 18.3. The molecule has 0 radical (unpaired) electrons. The number of carbonyl (C=O) groups excluding carboxylic acids is 2. The van der Waals surface area contributed by atoms with Crippen LogP contribution in [-0.2, 0) is 21.9 Å². The van der Waals surface area contributed by atoms with Crippen LogP contribution >= 0.6 is 35.0 Å². The van der Waals surface area contributed by atoms with Crippen LogP contribution in [0.1, 0.15) is 43.4 Å². The Kier molecular flexibility index (Phi) is 10.7. The molecular formula is C24H30Cl2N2O2S. The van der Waals surface area contributed by atoms with E-state index in [0.29, 0.717) is 28.9 Å². The highest BCUT2D eigenvalue weighted by atomic mass is 35.5. The van der Waals surface area contributed by atoms with Crippen molar-refractivity contribution < 1.29 is 9.59 Å². The molecule has 0 saturated heterocycles. The van der Waals surface area contributed by atoms with Gasteiger partial charge in [0.25, 0.3) is 0 Å². The summed E-state index contributed by atoms with van der Waals surface area (Å²) in [4.78, 5) is 27.4. The third-order valence-electron chi connectivity index (χ3n) is 5.08. The smallest absolute Gasteiger partial charge is 0.242 e. The van der Waals surface area contributed by atoms with Crippen LogP contribution in [0.5, 0.6) is 0 Å². The van der Waals surface area contributed by atoms with Gasteiger partial charge in [-0.15, -0.1) is 11.8 Å². The monoisotopic (exact) mass is 480 g/mol. The lowest BCUT2D eigenvalue weighted by Crippen LogP contribution is -2.48. The quantitative estimate of drug-likeness (QED) is 0.409. The van der Waals surface area contributed by atoms with Gasteiger partial charge in [-0.05, 0) is 49.1 Å². The number of nitrogens with zero attached hydrogens (tertiary/aromatic N) is 1. The van der Waals surface area contributed by atoms with E-state index in [1.54, 1.807) is 35.7 Å². The van der Waals surface area contributed by atoms with Crippen molar-refractivity contribution in [3.63, 3.8) is 0 Å². The maximum atomic E-state index is 13.1. The zero-order chi connectivity index (χ0) is 22.8. The summed E-state index contributed by atoms with van der Waals surface area (Å²) in [5.74, 6) is 0.812. The highest BCUT2D eigenvalue weighted by molar-refractivity contribution is 7.99. The fourth-order valence-corrected chi connectivity index (χ4v) is 4.36. The van der Waals surface area contributed by atoms with Crippen molar-refractivity contribution in [1.29, 1.82) is 0 Å². The van der Waals surface area contributed by atoms with Gasteiger partial charge in [0, 0.05) is 18.8 Å². The molecular weight excluding hydrogens is 451 g/mol. The molecule has 0 spiro atoms. The molecule has 31 heavy (non-hydrogen) atoms. The van der Waals surface area contributed by atoms with Crippen LogP contribution in [0.25, 0.3) is 0 Å². The third kappa shape index (κ3) is 8.06. The van der Waals surface area contributed by atoms with Crippen molar-refractivity contribution in [2.75, 3.05) is 12.3 Å². The van der Waals surface area contributed by atoms with Crippen molar-refractivity contribution in [3.05, 3.63) is 69.2 Å². The molecule has 0 fully saturated rings. The van der Waals surface area contributed by atoms with E-state index in [0.717, 1.165) is 24.2 Å². The topological polar surface area (TPSA) is 49.4 Å². The van der Waals surface area contributed by atoms with E-state index < -0.39 is 6.04 Å². The Morgan fingerprint density at radius 3 is 2.55 bits per heavy atom. The molecule has 2 aromatic rings. The fourth-order valence-electron chi connectivity index (χ4n) is 3.06. The van der Waals surface area contributed by atoms with Crippen LogP contribution in [0.3, 0.4) is 0 Å². The number of benzene rings is 2. The Bertz CT molecular complexity index is 892. The second-order valence-electron chi connectivity index (χ2n) is 7.51. The minimum Gasteiger partial charge on any atom is -0.354 e. The molecule has 0 aliphatic heterocycles. The highest BCUT2D eigenvalue weighted by Gasteiger charge is 2.26. The molecule has 1 N–H and O–H groups in total. The van der Waals surface area contributed by atoms with Gasteiger partial charge in [0.2, 0.25) is 11.8 Å². The number of hydrogen-bond donors (Lipinski definition) is 1. The van der Waals surface area contributed by atoms with Crippen LogP contribution < -0.4 is 5.32 Å². The molecule has 0 heterocycles. The number of amides is 2. The predicted octanol–water partition coefficient (Wildman–Crippen LogP) is 5.87. The average Bonchev–Trinajstić information content (AvgIpc) is 2.75. The number of rotatable bonds is 11. The summed E-state index contributed by atoms with van der Waals surface area (Å²) in [6, 6.07) is 12.8. The average molecular weight is 481 g/mol. The Hall–Kier alpha value is -1.69. The lowest BCUT2D eigenvalue weighted by Gasteiger charge is -2.29. The number of unbranched alkanes of at least 4 members (excludes halogenated alkanes) is 1. The van der Waals surface area contributed by atoms with Gasteiger partial charge in [0.15, 0.2) is 0 Å². The van der Waals surface area contributed by atoms with Crippen LogP contribution in [0.15, 0.2) is 42.5 Å². The lowest BCUT2D eigenvalue weighted by atomic mass is 10.1. The summed E-state index contributed by atoms with van der Waals surface area (Å²) in [6.45, 7) is 6.81. The second kappa shape index (κ2) is 13.0. The normalized spacial score (nSPS) is 11.8. The van der Waals surface area contributed by atoms with Crippen molar-refractivity contribution in [2.45, 2.75) is 52.0 Å². The first-order valence-corrected chi connectivity index (χ1v) is 12.4. The van der Waals surface area contributed by atoms with E-state index in [9.17, 15) is 9.59 Å². The molecule has 0 bridgehead atoms. The van der Waals surface area contributed by atoms with E-state index in [1.165, 1.54) is 11.1 Å². The highest BCUT2D eigenvalue weighted by Crippen LogP contribution is 2.24. The molecule has 0 unspecified atom stereocenters. The van der Waals surface area contributed by atoms with Gasteiger partial charge in [-0.3, -0.25) is 9.59 Å². The van der Waals surface area contributed by atoms with Gasteiger partial charge in [-0.1, -0.05) is 66.9 Å². The molecule has 7 heteroatoms. The first-order valence-electron chi connectivity index (χ1n) is 10.5. The number of nitrogens with one attached hydrogen (secondary N) is 1. The van der Waals surface area contributed by atoms with Crippen molar-refractivity contribution in [3.8, 4) is 0 Å². The minimum atomic E-state index is -0.585. The van der Waals surface area contributed by atoms with Crippen LogP contribution in [0.4, 0.5) is 0 Å². The molecule has 0 aromatic heterocycles. The summed E-state index contributed by atoms with van der Waals surface area (Å²) in [7, 11) is 0. The SMILES string of the molecule is CCCCNC(=O)[C@@H](C)N(Cc1ccc(Cl)c(Cl)c1)C(=O)CSCc1ccccc1C. The van der Waals surface area contributed by atoms with E-state index >= 15 is 0 Å². The van der Waals surface area contributed by atoms with E-state index in [4.69, 9.17) is 23.2 Å². The Labute approximate surface area is 199 Å². The summed E-state index contributed by atoms with van der Waals surface area (Å²) >= 11 is 13.7. The maximum absolute atomic E-state index is 13.1. The summed E-state index contributed by atoms with van der Waals surface area (Å²) in [5.41, 5.74) is 3.25. The molecule has 0 saturated carbocycles. The number of thioether (sulfide) groups is 1. The minimum absolute atomic E-state index is 0.0807. The van der Waals surface area contributed by atoms with Crippen LogP contribution in [-0.4, -0.2) is 35.1 Å². The van der Waals surface area contributed by atoms with Gasteiger partial charge >= 0.3 is 0 Å². The molecule has 2 aromatic carbocycles. The Morgan fingerprint density at radius 2 is 1.87 bits per heavy atom. The van der Waals surface area contributed by atoms with E-state index in [-0.39, 0.29) is 11.8 Å². The third-order valence-corrected chi connectivity index (χ3v) is 6.78. The van der Waals surface area contributed by atoms with E-state index in [2.05, 4.69) is 31.3 Å². The Balaban J connectivity index is 2.09. The van der Waals surface area contributed by atoms with Gasteiger partial charge < -0.3 is 10.2 Å². The van der Waals surface area contributed by atoms with Crippen LogP contribution in [0, 0.1) is 6.92 Å². The molecule has 1 atom stereocenters. The first kappa shape index (κ1) is 25.6. The van der Waals surface area contributed by atoms with Gasteiger partial charge in [0.05, 0.1) is 15.8 Å². The standard InChI is InChI=1S/C24H30Cl2N2O2S/c1-4-5-12-27-24(30)18(3)28(14-19-10-11-21(25)22(26)13-19)23(29)16-31-15-20-9-7-6-8-17(20)2/h6-11,13,18H,4-5,12,14-16H2,1-3H3,(H,27,30)/t18-/m1/s1. The zero-order valence-corrected chi connectivity index (χ0v) is 20.6. The molecule has 4 nitrogen and oxygen atoms in total. The molecule has 2 rings (SSSR count). The van der Waals surface area contributed by atoms with Crippen LogP contribution in [0.2, 0.25) is 10.0 Å². The molecule has 0 aliphatic rings. The molecule has 168 valence electrons. The predicted molar refractivity (Wildman–Crippen MR) is 132 cm³/mol. The number of halogens is 2. The lowest BCUT2D eigenvalue weighted by molar-refractivity contribution is -0.138.